The summed E-state index contributed by atoms with van der Waals surface area (Å²) in [6, 6.07) is 10.3. The summed E-state index contributed by atoms with van der Waals surface area (Å²) in [6.07, 6.45) is 5.83. The van der Waals surface area contributed by atoms with E-state index >= 15 is 0 Å². The highest BCUT2D eigenvalue weighted by Gasteiger charge is 2.33. The molecule has 3 N–H and O–H groups in total. The van der Waals surface area contributed by atoms with Crippen LogP contribution in [-0.2, 0) is 15.7 Å². The summed E-state index contributed by atoms with van der Waals surface area (Å²) in [5.41, 5.74) is 9.14. The number of aryl methyl sites for hydroxylation is 1. The number of benzene rings is 2. The molecule has 3 rings (SSSR count). The van der Waals surface area contributed by atoms with Gasteiger partial charge in [-0.15, -0.1) is 0 Å². The molecule has 4 nitrogen and oxygen atoms in total. The van der Waals surface area contributed by atoms with E-state index in [-0.39, 0.29) is 11.9 Å². The van der Waals surface area contributed by atoms with E-state index in [0.717, 1.165) is 61.8 Å². The fourth-order valence-electron chi connectivity index (χ4n) is 4.27. The van der Waals surface area contributed by atoms with Gasteiger partial charge in [-0.1, -0.05) is 47.5 Å². The second-order valence-electron chi connectivity index (χ2n) is 9.07. The van der Waals surface area contributed by atoms with Gasteiger partial charge in [0.2, 0.25) is 0 Å². The highest BCUT2D eigenvalue weighted by molar-refractivity contribution is 5.87. The fourth-order valence-corrected chi connectivity index (χ4v) is 4.27. The number of rotatable bonds is 9. The van der Waals surface area contributed by atoms with Gasteiger partial charge < -0.3 is 15.6 Å². The minimum Gasteiger partial charge on any atom is -0.508 e. The van der Waals surface area contributed by atoms with Gasteiger partial charge in [-0.05, 0) is 75.1 Å². The van der Waals surface area contributed by atoms with Crippen LogP contribution in [0.1, 0.15) is 66.8 Å². The average Bonchev–Trinajstić information content (AvgIpc) is 3.29. The van der Waals surface area contributed by atoms with Gasteiger partial charge in [0, 0.05) is 17.7 Å². The third-order valence-corrected chi connectivity index (χ3v) is 6.35. The monoisotopic (exact) mass is 487 g/mol. The predicted molar refractivity (Wildman–Crippen MR) is 130 cm³/mol. The Morgan fingerprint density at radius 1 is 1.20 bits per heavy atom. The predicted octanol–water partition coefficient (Wildman–Crippen LogP) is 6.87. The summed E-state index contributed by atoms with van der Waals surface area (Å²) >= 11 is 0. The molecule has 1 saturated carbocycles. The van der Waals surface area contributed by atoms with Gasteiger partial charge in [-0.25, -0.2) is 4.79 Å². The summed E-state index contributed by atoms with van der Waals surface area (Å²) in [7, 11) is 0. The van der Waals surface area contributed by atoms with Crippen molar-refractivity contribution in [3.05, 3.63) is 82.4 Å². The van der Waals surface area contributed by atoms with E-state index in [2.05, 4.69) is 6.08 Å². The first kappa shape index (κ1) is 26.5. The van der Waals surface area contributed by atoms with E-state index < -0.39 is 23.5 Å². The minimum atomic E-state index is -4.50. The number of unbranched alkanes of at least 4 members (excludes halogenated alkanes) is 2. The third kappa shape index (κ3) is 7.99. The van der Waals surface area contributed by atoms with Crippen LogP contribution < -0.4 is 5.73 Å². The van der Waals surface area contributed by atoms with Gasteiger partial charge in [0.1, 0.15) is 5.75 Å². The zero-order valence-electron chi connectivity index (χ0n) is 19.9. The molecule has 0 amide bonds. The number of aromatic hydroxyl groups is 1. The van der Waals surface area contributed by atoms with Crippen LogP contribution in [0.25, 0.3) is 6.08 Å². The van der Waals surface area contributed by atoms with E-state index in [0.29, 0.717) is 12.2 Å². The van der Waals surface area contributed by atoms with Crippen molar-refractivity contribution in [2.75, 3.05) is 6.61 Å². The number of phenols is 1. The van der Waals surface area contributed by atoms with Crippen LogP contribution in [0.2, 0.25) is 0 Å². The molecule has 0 bridgehead atoms. The van der Waals surface area contributed by atoms with E-state index in [1.54, 1.807) is 6.08 Å². The molecule has 1 aliphatic carbocycles. The van der Waals surface area contributed by atoms with Gasteiger partial charge in [-0.2, -0.15) is 13.2 Å². The summed E-state index contributed by atoms with van der Waals surface area (Å²) in [4.78, 5) is 11.8. The fraction of sp³-hybridized carbons (Fsp3) is 0.393. The molecule has 0 aromatic heterocycles. The number of allylic oxidation sites excluding steroid dienone is 2. The smallest absolute Gasteiger partial charge is 0.416 e. The first-order valence-corrected chi connectivity index (χ1v) is 11.9. The molecule has 0 aliphatic heterocycles. The molecule has 0 saturated heterocycles. The first-order valence-electron chi connectivity index (χ1n) is 11.9. The molecule has 0 spiro atoms. The lowest BCUT2D eigenvalue weighted by atomic mass is 9.91. The molecule has 35 heavy (non-hydrogen) atoms. The maximum Gasteiger partial charge on any atom is 0.416 e. The third-order valence-electron chi connectivity index (χ3n) is 6.35. The van der Waals surface area contributed by atoms with Gasteiger partial charge in [0.05, 0.1) is 12.2 Å². The number of carbonyl (C=O) groups excluding carboxylic acids is 1. The van der Waals surface area contributed by atoms with Crippen LogP contribution in [0, 0.1) is 12.8 Å². The Bertz CT molecular complexity index is 1060. The van der Waals surface area contributed by atoms with Crippen molar-refractivity contribution in [1.29, 1.82) is 0 Å². The van der Waals surface area contributed by atoms with Crippen molar-refractivity contribution in [2.45, 2.75) is 57.7 Å². The first-order chi connectivity index (χ1) is 16.6. The quantitative estimate of drug-likeness (QED) is 0.175. The van der Waals surface area contributed by atoms with Crippen molar-refractivity contribution < 1.29 is 27.8 Å². The molecule has 2 unspecified atom stereocenters. The van der Waals surface area contributed by atoms with Gasteiger partial charge in [0.15, 0.2) is 0 Å². The lowest BCUT2D eigenvalue weighted by Gasteiger charge is -2.21. The number of hydrogen-bond acceptors (Lipinski definition) is 4. The number of alkyl halides is 3. The molecule has 2 aromatic carbocycles. The minimum absolute atomic E-state index is 0.0742. The van der Waals surface area contributed by atoms with Gasteiger partial charge >= 0.3 is 12.1 Å². The Balaban J connectivity index is 1.37. The number of hydrogen-bond donors (Lipinski definition) is 2. The Hall–Kier alpha value is -3.06. The summed E-state index contributed by atoms with van der Waals surface area (Å²) in [5, 5.41) is 10.1. The van der Waals surface area contributed by atoms with Crippen LogP contribution in [0.3, 0.4) is 0 Å². The second-order valence-corrected chi connectivity index (χ2v) is 9.07. The lowest BCUT2D eigenvalue weighted by Crippen LogP contribution is -2.19. The van der Waals surface area contributed by atoms with E-state index in [4.69, 9.17) is 10.5 Å². The average molecular weight is 488 g/mol. The van der Waals surface area contributed by atoms with Crippen LogP contribution in [-0.4, -0.2) is 17.7 Å². The molecular formula is C28H32F3NO3. The standard InChI is InChI=1S/C28H32F3NO3/c1-19-6-8-20(9-7-19)11-15-26(34)35-16-4-2-3-5-21-10-12-22(17-21)27(32)24-14-13-23(18-25(24)33)28(29,30)31/h5-9,11,13-15,18,22,27,33H,2-4,10,12,16-17,32H2,1H3/b15-11+,21-5+. The lowest BCUT2D eigenvalue weighted by molar-refractivity contribution is -0.138. The van der Waals surface area contributed by atoms with Crippen molar-refractivity contribution in [3.8, 4) is 5.75 Å². The molecule has 2 aromatic rings. The van der Waals surface area contributed by atoms with Crippen molar-refractivity contribution >= 4 is 12.0 Å². The normalized spacial score (nSPS) is 18.3. The summed E-state index contributed by atoms with van der Waals surface area (Å²) in [6.45, 7) is 2.37. The number of esters is 1. The van der Waals surface area contributed by atoms with Gasteiger partial charge in [-0.3, -0.25) is 0 Å². The van der Waals surface area contributed by atoms with Crippen molar-refractivity contribution in [1.82, 2.24) is 0 Å². The number of nitrogens with two attached hydrogens (primary N) is 1. The Labute approximate surface area is 204 Å². The Morgan fingerprint density at radius 3 is 2.63 bits per heavy atom. The van der Waals surface area contributed by atoms with Crippen molar-refractivity contribution in [3.63, 3.8) is 0 Å². The van der Waals surface area contributed by atoms with Crippen LogP contribution in [0.5, 0.6) is 5.75 Å². The summed E-state index contributed by atoms with van der Waals surface area (Å²) in [5.74, 6) is -0.693. The molecule has 188 valence electrons. The number of carbonyl (C=O) groups is 1. The molecular weight excluding hydrogens is 455 g/mol. The Kier molecular flexibility index (Phi) is 9.15. The molecule has 1 fully saturated rings. The van der Waals surface area contributed by atoms with E-state index in [1.807, 2.05) is 31.2 Å². The van der Waals surface area contributed by atoms with Crippen LogP contribution >= 0.6 is 0 Å². The molecule has 0 heterocycles. The van der Waals surface area contributed by atoms with Crippen LogP contribution in [0.15, 0.2) is 60.2 Å². The van der Waals surface area contributed by atoms with E-state index in [1.165, 1.54) is 17.7 Å². The summed E-state index contributed by atoms with van der Waals surface area (Å²) < 4.78 is 43.7. The maximum atomic E-state index is 12.8. The number of phenolic OH excluding ortho intramolecular Hbond substituents is 1. The molecule has 7 heteroatoms. The Morgan fingerprint density at radius 2 is 1.94 bits per heavy atom. The molecule has 2 atom stereocenters. The van der Waals surface area contributed by atoms with Crippen LogP contribution in [0.4, 0.5) is 13.2 Å². The van der Waals surface area contributed by atoms with Gasteiger partial charge in [0.25, 0.3) is 0 Å². The molecule has 1 aliphatic rings. The molecule has 0 radical (unpaired) electrons. The topological polar surface area (TPSA) is 72.5 Å². The van der Waals surface area contributed by atoms with E-state index in [9.17, 15) is 23.1 Å². The van der Waals surface area contributed by atoms with Crippen molar-refractivity contribution in [2.24, 2.45) is 11.7 Å². The zero-order chi connectivity index (χ0) is 25.4. The maximum absolute atomic E-state index is 12.8. The highest BCUT2D eigenvalue weighted by Crippen LogP contribution is 2.41. The SMILES string of the molecule is Cc1ccc(/C=C/C(=O)OCCCC/C=C2\CCC(C(N)c3ccc(C(F)(F)F)cc3O)C2)cc1. The highest BCUT2D eigenvalue weighted by atomic mass is 19.4. The number of halogens is 3. The number of ether oxygens (including phenoxy) is 1. The zero-order valence-corrected chi connectivity index (χ0v) is 19.9. The second kappa shape index (κ2) is 12.1. The largest absolute Gasteiger partial charge is 0.508 e.